The lowest BCUT2D eigenvalue weighted by atomic mass is 10.2. The third-order valence-electron chi connectivity index (χ3n) is 2.66. The quantitative estimate of drug-likeness (QED) is 0.593. The van der Waals surface area contributed by atoms with Crippen LogP contribution in [0.2, 0.25) is 10.0 Å². The molecule has 0 aliphatic carbocycles. The molecule has 0 saturated heterocycles. The van der Waals surface area contributed by atoms with Crippen molar-refractivity contribution < 1.29 is 14.3 Å². The summed E-state index contributed by atoms with van der Waals surface area (Å²) in [4.78, 5) is 24.8. The minimum atomic E-state index is -0.448. The number of benzene rings is 1. The number of hydrogen-bond donors (Lipinski definition) is 0. The summed E-state index contributed by atoms with van der Waals surface area (Å²) in [5.74, 6) is -0.714. The number of carbonyl (C=O) groups excluding carboxylic acids is 2. The van der Waals surface area contributed by atoms with Crippen LogP contribution in [-0.4, -0.2) is 37.0 Å². The summed E-state index contributed by atoms with van der Waals surface area (Å²) in [6, 6.07) is 5.01. The summed E-state index contributed by atoms with van der Waals surface area (Å²) >= 11 is 11.8. The Hall–Kier alpha value is -1.52. The highest BCUT2D eigenvalue weighted by Crippen LogP contribution is 2.19. The normalized spacial score (nSPS) is 10.7. The van der Waals surface area contributed by atoms with Crippen LogP contribution >= 0.6 is 23.2 Å². The van der Waals surface area contributed by atoms with E-state index >= 15 is 0 Å². The number of ether oxygens (including phenoxy) is 1. The fraction of sp³-hybridized carbons (Fsp3) is 0.333. The summed E-state index contributed by atoms with van der Waals surface area (Å²) in [5.41, 5.74) is 0.718. The molecular formula is C15H17Cl2NO3. The van der Waals surface area contributed by atoms with Crippen molar-refractivity contribution in [3.63, 3.8) is 0 Å². The molecule has 114 valence electrons. The number of rotatable bonds is 6. The Bertz CT molecular complexity index is 523. The van der Waals surface area contributed by atoms with Crippen LogP contribution < -0.4 is 0 Å². The number of methoxy groups -OCH3 is 1. The predicted octanol–water partition coefficient (Wildman–Crippen LogP) is 3.42. The van der Waals surface area contributed by atoms with Crippen molar-refractivity contribution in [2.75, 3.05) is 20.2 Å². The van der Waals surface area contributed by atoms with Gasteiger partial charge in [0.2, 0.25) is 5.91 Å². The molecule has 0 fully saturated rings. The molecule has 1 aromatic carbocycles. The second-order valence-electron chi connectivity index (χ2n) is 4.37. The molecule has 0 bridgehead atoms. The number of hydrogen-bond acceptors (Lipinski definition) is 3. The third-order valence-corrected chi connectivity index (χ3v) is 3.09. The van der Waals surface area contributed by atoms with Gasteiger partial charge in [0.05, 0.1) is 7.11 Å². The molecule has 1 amide bonds. The van der Waals surface area contributed by atoms with Crippen molar-refractivity contribution >= 4 is 41.2 Å². The molecule has 0 aliphatic heterocycles. The lowest BCUT2D eigenvalue weighted by molar-refractivity contribution is -0.145. The molecule has 0 atom stereocenters. The van der Waals surface area contributed by atoms with Gasteiger partial charge in [-0.15, -0.1) is 0 Å². The molecule has 0 aromatic heterocycles. The Morgan fingerprint density at radius 3 is 2.38 bits per heavy atom. The zero-order valence-electron chi connectivity index (χ0n) is 11.9. The Kier molecular flexibility index (Phi) is 7.26. The average molecular weight is 330 g/mol. The molecule has 4 nitrogen and oxygen atoms in total. The molecule has 0 unspecified atom stereocenters. The molecule has 1 rings (SSSR count). The zero-order valence-corrected chi connectivity index (χ0v) is 13.4. The summed E-state index contributed by atoms with van der Waals surface area (Å²) in [6.45, 7) is 2.34. The monoisotopic (exact) mass is 329 g/mol. The smallest absolute Gasteiger partial charge is 0.325 e. The highest BCUT2D eigenvalue weighted by atomic mass is 35.5. The first-order chi connectivity index (χ1) is 9.96. The van der Waals surface area contributed by atoms with E-state index in [0.717, 1.165) is 12.0 Å². The van der Waals surface area contributed by atoms with Crippen molar-refractivity contribution in [2.24, 2.45) is 0 Å². The Balaban J connectivity index is 2.79. The number of halogens is 2. The Morgan fingerprint density at radius 1 is 1.24 bits per heavy atom. The van der Waals surface area contributed by atoms with Gasteiger partial charge in [0.15, 0.2) is 0 Å². The van der Waals surface area contributed by atoms with Crippen LogP contribution in [0.25, 0.3) is 6.08 Å². The number of amides is 1. The maximum atomic E-state index is 12.1. The number of carbonyl (C=O) groups is 2. The van der Waals surface area contributed by atoms with Crippen LogP contribution in [0.15, 0.2) is 24.3 Å². The maximum Gasteiger partial charge on any atom is 0.325 e. The second-order valence-corrected chi connectivity index (χ2v) is 5.24. The highest BCUT2D eigenvalue weighted by Gasteiger charge is 2.14. The first kappa shape index (κ1) is 17.5. The van der Waals surface area contributed by atoms with Gasteiger partial charge in [-0.25, -0.2) is 0 Å². The predicted molar refractivity (Wildman–Crippen MR) is 84.4 cm³/mol. The molecule has 0 radical (unpaired) electrons. The SMILES string of the molecule is CCCN(CC(=O)OC)C(=O)C=Cc1cc(Cl)cc(Cl)c1. The molecule has 0 aliphatic rings. The van der Waals surface area contributed by atoms with E-state index in [0.29, 0.717) is 16.6 Å². The first-order valence-corrected chi connectivity index (χ1v) is 7.21. The molecule has 6 heteroatoms. The van der Waals surface area contributed by atoms with E-state index in [9.17, 15) is 9.59 Å². The Labute approximate surface area is 134 Å². The topological polar surface area (TPSA) is 46.6 Å². The van der Waals surface area contributed by atoms with Crippen LogP contribution in [0.1, 0.15) is 18.9 Å². The minimum Gasteiger partial charge on any atom is -0.468 e. The molecule has 0 saturated carbocycles. The van der Waals surface area contributed by atoms with E-state index in [-0.39, 0.29) is 12.5 Å². The summed E-state index contributed by atoms with van der Waals surface area (Å²) in [6.07, 6.45) is 3.75. The van der Waals surface area contributed by atoms with E-state index < -0.39 is 5.97 Å². The van der Waals surface area contributed by atoms with E-state index in [1.165, 1.54) is 18.1 Å². The van der Waals surface area contributed by atoms with Gasteiger partial charge in [0.25, 0.3) is 0 Å². The van der Waals surface area contributed by atoms with Gasteiger partial charge in [-0.1, -0.05) is 30.1 Å². The van der Waals surface area contributed by atoms with Crippen LogP contribution in [0.4, 0.5) is 0 Å². The fourth-order valence-electron chi connectivity index (χ4n) is 1.70. The largest absolute Gasteiger partial charge is 0.468 e. The fourth-order valence-corrected chi connectivity index (χ4v) is 2.24. The number of esters is 1. The van der Waals surface area contributed by atoms with Crippen LogP contribution in [-0.2, 0) is 14.3 Å². The minimum absolute atomic E-state index is 0.0657. The van der Waals surface area contributed by atoms with Gasteiger partial charge < -0.3 is 9.64 Å². The lowest BCUT2D eigenvalue weighted by Gasteiger charge is -2.18. The van der Waals surface area contributed by atoms with Crippen LogP contribution in [0.5, 0.6) is 0 Å². The maximum absolute atomic E-state index is 12.1. The zero-order chi connectivity index (χ0) is 15.8. The molecule has 0 N–H and O–H groups in total. The van der Waals surface area contributed by atoms with E-state index in [2.05, 4.69) is 4.74 Å². The van der Waals surface area contributed by atoms with Gasteiger partial charge in [-0.05, 0) is 36.3 Å². The standard InChI is InChI=1S/C15H17Cl2NO3/c1-3-6-18(10-15(20)21-2)14(19)5-4-11-7-12(16)9-13(17)8-11/h4-5,7-9H,3,6,10H2,1-2H3. The summed E-state index contributed by atoms with van der Waals surface area (Å²) in [5, 5.41) is 0.990. The molecule has 21 heavy (non-hydrogen) atoms. The van der Waals surface area contributed by atoms with Crippen molar-refractivity contribution in [1.29, 1.82) is 0 Å². The van der Waals surface area contributed by atoms with E-state index in [1.807, 2.05) is 6.92 Å². The van der Waals surface area contributed by atoms with Gasteiger partial charge in [-0.3, -0.25) is 9.59 Å². The average Bonchev–Trinajstić information content (AvgIpc) is 2.43. The van der Waals surface area contributed by atoms with Gasteiger partial charge >= 0.3 is 5.97 Å². The van der Waals surface area contributed by atoms with Crippen molar-refractivity contribution in [1.82, 2.24) is 4.90 Å². The Morgan fingerprint density at radius 2 is 1.86 bits per heavy atom. The summed E-state index contributed by atoms with van der Waals surface area (Å²) in [7, 11) is 1.29. The summed E-state index contributed by atoms with van der Waals surface area (Å²) < 4.78 is 4.58. The first-order valence-electron chi connectivity index (χ1n) is 6.46. The third kappa shape index (κ3) is 6.19. The van der Waals surface area contributed by atoms with Crippen molar-refractivity contribution in [2.45, 2.75) is 13.3 Å². The van der Waals surface area contributed by atoms with Crippen LogP contribution in [0.3, 0.4) is 0 Å². The van der Waals surface area contributed by atoms with Gasteiger partial charge in [-0.2, -0.15) is 0 Å². The van der Waals surface area contributed by atoms with E-state index in [1.54, 1.807) is 24.3 Å². The second kappa shape index (κ2) is 8.70. The van der Waals surface area contributed by atoms with Gasteiger partial charge in [0.1, 0.15) is 6.54 Å². The van der Waals surface area contributed by atoms with Gasteiger partial charge in [0, 0.05) is 22.7 Å². The highest BCUT2D eigenvalue weighted by molar-refractivity contribution is 6.34. The number of nitrogens with zero attached hydrogens (tertiary/aromatic N) is 1. The molecule has 0 spiro atoms. The molecule has 0 heterocycles. The van der Waals surface area contributed by atoms with E-state index in [4.69, 9.17) is 23.2 Å². The lowest BCUT2D eigenvalue weighted by Crippen LogP contribution is -2.35. The molecule has 1 aromatic rings. The molecular weight excluding hydrogens is 313 g/mol. The van der Waals surface area contributed by atoms with Crippen LogP contribution in [0, 0.1) is 0 Å². The van der Waals surface area contributed by atoms with Crippen molar-refractivity contribution in [3.05, 3.63) is 39.9 Å². The van der Waals surface area contributed by atoms with Crippen molar-refractivity contribution in [3.8, 4) is 0 Å².